The highest BCUT2D eigenvalue weighted by Gasteiger charge is 2.13. The van der Waals surface area contributed by atoms with Crippen LogP contribution < -0.4 is 5.73 Å². The molecule has 18 heavy (non-hydrogen) atoms. The van der Waals surface area contributed by atoms with E-state index in [1.165, 1.54) is 0 Å². The minimum Gasteiger partial charge on any atom is -0.324 e. The second kappa shape index (κ2) is 5.27. The Bertz CT molecular complexity index is 500. The fraction of sp³-hybridized carbons (Fsp3) is 0.462. The molecule has 96 valence electrons. The van der Waals surface area contributed by atoms with Gasteiger partial charge in [0.25, 0.3) is 0 Å². The lowest BCUT2D eigenvalue weighted by Gasteiger charge is -2.14. The summed E-state index contributed by atoms with van der Waals surface area (Å²) in [5.41, 5.74) is 8.21. The maximum absolute atomic E-state index is 6.18. The van der Waals surface area contributed by atoms with Crippen LogP contribution in [0.3, 0.4) is 0 Å². The first-order chi connectivity index (χ1) is 8.58. The van der Waals surface area contributed by atoms with Crippen molar-refractivity contribution >= 4 is 0 Å². The Morgan fingerprint density at radius 2 is 2.06 bits per heavy atom. The molecular formula is C13H19N5. The summed E-state index contributed by atoms with van der Waals surface area (Å²) in [5, 5.41) is 4.21. The van der Waals surface area contributed by atoms with Crippen LogP contribution in [-0.4, -0.2) is 19.7 Å². The molecule has 0 spiro atoms. The van der Waals surface area contributed by atoms with Crippen molar-refractivity contribution in [1.29, 1.82) is 0 Å². The average Bonchev–Trinajstić information content (AvgIpc) is 2.78. The molecule has 2 heterocycles. The number of nitrogens with zero attached hydrogens (tertiary/aromatic N) is 4. The molecule has 0 bridgehead atoms. The molecule has 0 amide bonds. The third kappa shape index (κ3) is 2.73. The lowest BCUT2D eigenvalue weighted by atomic mass is 10.1. The van der Waals surface area contributed by atoms with E-state index in [2.05, 4.69) is 28.9 Å². The topological polar surface area (TPSA) is 69.6 Å². The largest absolute Gasteiger partial charge is 0.324 e. The first kappa shape index (κ1) is 12.7. The van der Waals surface area contributed by atoms with E-state index in [0.717, 1.165) is 17.1 Å². The van der Waals surface area contributed by atoms with Gasteiger partial charge in [-0.3, -0.25) is 4.98 Å². The lowest BCUT2D eigenvalue weighted by molar-refractivity contribution is 0.493. The van der Waals surface area contributed by atoms with Gasteiger partial charge in [0.15, 0.2) is 0 Å². The van der Waals surface area contributed by atoms with Gasteiger partial charge in [0.2, 0.25) is 0 Å². The van der Waals surface area contributed by atoms with Crippen molar-refractivity contribution in [3.63, 3.8) is 0 Å². The molecule has 0 aliphatic heterocycles. The van der Waals surface area contributed by atoms with Crippen molar-refractivity contribution in [2.24, 2.45) is 5.73 Å². The van der Waals surface area contributed by atoms with Crippen molar-refractivity contribution in [2.75, 3.05) is 0 Å². The zero-order valence-electron chi connectivity index (χ0n) is 11.0. The number of hydrogen-bond acceptors (Lipinski definition) is 4. The van der Waals surface area contributed by atoms with Gasteiger partial charge in [0, 0.05) is 30.4 Å². The molecule has 0 saturated carbocycles. The summed E-state index contributed by atoms with van der Waals surface area (Å²) in [4.78, 5) is 8.54. The fourth-order valence-corrected chi connectivity index (χ4v) is 1.86. The van der Waals surface area contributed by atoms with E-state index in [1.807, 2.05) is 29.9 Å². The minimum atomic E-state index is -0.0974. The molecule has 1 unspecified atom stereocenters. The summed E-state index contributed by atoms with van der Waals surface area (Å²) in [7, 11) is 0. The van der Waals surface area contributed by atoms with Gasteiger partial charge in [-0.25, -0.2) is 9.67 Å². The van der Waals surface area contributed by atoms with Crippen LogP contribution in [0.25, 0.3) is 0 Å². The van der Waals surface area contributed by atoms with E-state index in [-0.39, 0.29) is 6.04 Å². The van der Waals surface area contributed by atoms with Gasteiger partial charge in [0.1, 0.15) is 12.2 Å². The Morgan fingerprint density at radius 1 is 1.28 bits per heavy atom. The van der Waals surface area contributed by atoms with Gasteiger partial charge in [-0.15, -0.1) is 0 Å². The van der Waals surface area contributed by atoms with E-state index in [1.54, 1.807) is 6.33 Å². The predicted molar refractivity (Wildman–Crippen MR) is 70.0 cm³/mol. The molecular weight excluding hydrogens is 226 g/mol. The molecule has 2 N–H and O–H groups in total. The summed E-state index contributed by atoms with van der Waals surface area (Å²) < 4.78 is 1.90. The molecule has 0 aromatic carbocycles. The Morgan fingerprint density at radius 3 is 2.67 bits per heavy atom. The van der Waals surface area contributed by atoms with Crippen LogP contribution in [0.5, 0.6) is 0 Å². The van der Waals surface area contributed by atoms with Gasteiger partial charge in [-0.05, 0) is 32.4 Å². The van der Waals surface area contributed by atoms with Crippen LogP contribution in [0.2, 0.25) is 0 Å². The Kier molecular flexibility index (Phi) is 3.72. The maximum Gasteiger partial charge on any atom is 0.138 e. The van der Waals surface area contributed by atoms with Gasteiger partial charge in [-0.2, -0.15) is 5.10 Å². The van der Waals surface area contributed by atoms with E-state index in [9.17, 15) is 0 Å². The SMILES string of the molecule is Cc1ccc(C(N)Cc2ncnn2C(C)C)cn1. The Labute approximate surface area is 107 Å². The summed E-state index contributed by atoms with van der Waals surface area (Å²) in [6, 6.07) is 4.19. The van der Waals surface area contributed by atoms with Gasteiger partial charge in [-0.1, -0.05) is 6.07 Å². The van der Waals surface area contributed by atoms with Crippen molar-refractivity contribution in [3.05, 3.63) is 41.7 Å². The second-order valence-corrected chi connectivity index (χ2v) is 4.76. The van der Waals surface area contributed by atoms with E-state index >= 15 is 0 Å². The van der Waals surface area contributed by atoms with Crippen molar-refractivity contribution in [3.8, 4) is 0 Å². The minimum absolute atomic E-state index is 0.0974. The standard InChI is InChI=1S/C13H19N5/c1-9(2)18-13(16-8-17-18)6-12(14)11-5-4-10(3)15-7-11/h4-5,7-9,12H,6,14H2,1-3H3. The highest BCUT2D eigenvalue weighted by atomic mass is 15.3. The number of rotatable bonds is 4. The monoisotopic (exact) mass is 245 g/mol. The molecule has 2 aromatic heterocycles. The highest BCUT2D eigenvalue weighted by Crippen LogP contribution is 2.16. The average molecular weight is 245 g/mol. The quantitative estimate of drug-likeness (QED) is 0.891. The maximum atomic E-state index is 6.18. The third-order valence-corrected chi connectivity index (χ3v) is 2.90. The van der Waals surface area contributed by atoms with Gasteiger partial charge in [0.05, 0.1) is 0 Å². The summed E-state index contributed by atoms with van der Waals surface area (Å²) in [6.07, 6.45) is 4.08. The van der Waals surface area contributed by atoms with Crippen LogP contribution in [-0.2, 0) is 6.42 Å². The van der Waals surface area contributed by atoms with Crippen LogP contribution in [0, 0.1) is 6.92 Å². The number of nitrogens with two attached hydrogens (primary N) is 1. The van der Waals surface area contributed by atoms with E-state index in [4.69, 9.17) is 5.73 Å². The zero-order chi connectivity index (χ0) is 13.1. The molecule has 2 aromatic rings. The first-order valence-corrected chi connectivity index (χ1v) is 6.14. The van der Waals surface area contributed by atoms with Crippen LogP contribution >= 0.6 is 0 Å². The Hall–Kier alpha value is -1.75. The number of hydrogen-bond donors (Lipinski definition) is 1. The number of pyridine rings is 1. The smallest absolute Gasteiger partial charge is 0.138 e. The molecule has 5 heteroatoms. The second-order valence-electron chi connectivity index (χ2n) is 4.76. The Balaban J connectivity index is 2.13. The fourth-order valence-electron chi connectivity index (χ4n) is 1.86. The van der Waals surface area contributed by atoms with Crippen LogP contribution in [0.4, 0.5) is 0 Å². The van der Waals surface area contributed by atoms with Crippen molar-refractivity contribution in [2.45, 2.75) is 39.3 Å². The molecule has 0 radical (unpaired) electrons. The molecule has 2 rings (SSSR count). The lowest BCUT2D eigenvalue weighted by Crippen LogP contribution is -2.18. The van der Waals surface area contributed by atoms with Crippen molar-refractivity contribution < 1.29 is 0 Å². The molecule has 0 aliphatic carbocycles. The molecule has 0 saturated heterocycles. The van der Waals surface area contributed by atoms with Crippen LogP contribution in [0.15, 0.2) is 24.7 Å². The molecule has 1 atom stereocenters. The third-order valence-electron chi connectivity index (χ3n) is 2.90. The van der Waals surface area contributed by atoms with Gasteiger partial charge >= 0.3 is 0 Å². The highest BCUT2D eigenvalue weighted by molar-refractivity contribution is 5.18. The van der Waals surface area contributed by atoms with Gasteiger partial charge < -0.3 is 5.73 Å². The number of aromatic nitrogens is 4. The number of aryl methyl sites for hydroxylation is 1. The molecule has 0 aliphatic rings. The summed E-state index contributed by atoms with van der Waals surface area (Å²) in [6.45, 7) is 6.12. The predicted octanol–water partition coefficient (Wildman–Crippen LogP) is 1.80. The first-order valence-electron chi connectivity index (χ1n) is 6.14. The summed E-state index contributed by atoms with van der Waals surface area (Å²) in [5.74, 6) is 0.915. The normalized spacial score (nSPS) is 12.9. The van der Waals surface area contributed by atoms with Crippen molar-refractivity contribution in [1.82, 2.24) is 19.7 Å². The zero-order valence-corrected chi connectivity index (χ0v) is 11.0. The molecule has 5 nitrogen and oxygen atoms in total. The van der Waals surface area contributed by atoms with Crippen LogP contribution in [0.1, 0.15) is 43.0 Å². The summed E-state index contributed by atoms with van der Waals surface area (Å²) >= 11 is 0. The van der Waals surface area contributed by atoms with E-state index in [0.29, 0.717) is 12.5 Å². The van der Waals surface area contributed by atoms with E-state index < -0.39 is 0 Å². The molecule has 0 fully saturated rings.